The normalized spacial score (nSPS) is 11.9. The minimum absolute atomic E-state index is 0.0944. The summed E-state index contributed by atoms with van der Waals surface area (Å²) in [4.78, 5) is 14.8. The van der Waals surface area contributed by atoms with E-state index in [4.69, 9.17) is 14.6 Å². The maximum atomic E-state index is 10.8. The van der Waals surface area contributed by atoms with Crippen LogP contribution in [0.15, 0.2) is 36.8 Å². The second-order valence-electron chi connectivity index (χ2n) is 4.55. The van der Waals surface area contributed by atoms with E-state index in [9.17, 15) is 4.79 Å². The Balaban J connectivity index is 2.44. The van der Waals surface area contributed by atoms with Crippen molar-refractivity contribution >= 4 is 6.16 Å². The monoisotopic (exact) mass is 290 g/mol. The summed E-state index contributed by atoms with van der Waals surface area (Å²) in [5.74, 6) is 0.956. The van der Waals surface area contributed by atoms with Crippen molar-refractivity contribution in [2.75, 3.05) is 7.11 Å². The summed E-state index contributed by atoms with van der Waals surface area (Å²) < 4.78 is 11.9. The summed E-state index contributed by atoms with van der Waals surface area (Å²) >= 11 is 0. The zero-order valence-electron chi connectivity index (χ0n) is 12.0. The lowest BCUT2D eigenvalue weighted by atomic mass is 10.0. The van der Waals surface area contributed by atoms with E-state index in [0.717, 1.165) is 24.2 Å². The third-order valence-corrected chi connectivity index (χ3v) is 3.22. The van der Waals surface area contributed by atoms with Gasteiger partial charge < -0.3 is 14.6 Å². The number of ether oxygens (including phenoxy) is 2. The fourth-order valence-corrected chi connectivity index (χ4v) is 2.35. The molecule has 21 heavy (non-hydrogen) atoms. The van der Waals surface area contributed by atoms with Crippen LogP contribution in [0.2, 0.25) is 0 Å². The summed E-state index contributed by atoms with van der Waals surface area (Å²) in [6, 6.07) is 7.57. The molecule has 1 N–H and O–H groups in total. The lowest BCUT2D eigenvalue weighted by Gasteiger charge is -2.22. The highest BCUT2D eigenvalue weighted by molar-refractivity contribution is 5.60. The van der Waals surface area contributed by atoms with Gasteiger partial charge in [0.25, 0.3) is 0 Å². The van der Waals surface area contributed by atoms with Crippen molar-refractivity contribution in [2.45, 2.75) is 25.8 Å². The molecule has 0 saturated carbocycles. The number of hydrogen-bond donors (Lipinski definition) is 1. The van der Waals surface area contributed by atoms with E-state index >= 15 is 0 Å². The highest BCUT2D eigenvalue weighted by Crippen LogP contribution is 2.33. The quantitative estimate of drug-likeness (QED) is 0.826. The Morgan fingerprint density at radius 3 is 2.86 bits per heavy atom. The second-order valence-corrected chi connectivity index (χ2v) is 4.55. The Kier molecular flexibility index (Phi) is 4.81. The number of methoxy groups -OCH3 is 1. The number of carbonyl (C=O) groups is 1. The number of carboxylic acid groups (broad SMARTS) is 1. The average Bonchev–Trinajstić information content (AvgIpc) is 2.92. The van der Waals surface area contributed by atoms with Gasteiger partial charge >= 0.3 is 6.16 Å². The van der Waals surface area contributed by atoms with Crippen molar-refractivity contribution < 1.29 is 19.4 Å². The zero-order valence-corrected chi connectivity index (χ0v) is 12.0. The predicted molar refractivity (Wildman–Crippen MR) is 76.9 cm³/mol. The van der Waals surface area contributed by atoms with Gasteiger partial charge in [-0.15, -0.1) is 0 Å². The molecule has 0 fully saturated rings. The van der Waals surface area contributed by atoms with Gasteiger partial charge in [0, 0.05) is 5.56 Å². The van der Waals surface area contributed by atoms with Crippen molar-refractivity contribution in [2.24, 2.45) is 0 Å². The molecule has 112 valence electrons. The minimum Gasteiger partial charge on any atom is -0.496 e. The predicted octanol–water partition coefficient (Wildman–Crippen LogP) is 3.34. The number of hydrogen-bond acceptors (Lipinski definition) is 4. The van der Waals surface area contributed by atoms with Crippen LogP contribution in [0.1, 0.15) is 31.4 Å². The fraction of sp³-hybridized carbons (Fsp3) is 0.333. The highest BCUT2D eigenvalue weighted by Gasteiger charge is 2.21. The Hall–Kier alpha value is -2.50. The Labute approximate surface area is 122 Å². The SMILES string of the molecule is CCCC(c1ccccc1OC)n1cncc1OC(=O)O. The number of nitrogens with zero attached hydrogens (tertiary/aromatic N) is 2. The van der Waals surface area contributed by atoms with E-state index in [2.05, 4.69) is 11.9 Å². The van der Waals surface area contributed by atoms with Crippen LogP contribution in [-0.2, 0) is 0 Å². The van der Waals surface area contributed by atoms with E-state index < -0.39 is 6.16 Å². The van der Waals surface area contributed by atoms with Gasteiger partial charge in [0.2, 0.25) is 5.88 Å². The van der Waals surface area contributed by atoms with Gasteiger partial charge in [0.1, 0.15) is 5.75 Å². The molecule has 0 spiro atoms. The molecule has 1 heterocycles. The molecule has 2 rings (SSSR count). The van der Waals surface area contributed by atoms with Crippen LogP contribution < -0.4 is 9.47 Å². The van der Waals surface area contributed by atoms with Crippen molar-refractivity contribution in [1.82, 2.24) is 9.55 Å². The van der Waals surface area contributed by atoms with Crippen LogP contribution >= 0.6 is 0 Å². The van der Waals surface area contributed by atoms with Crippen LogP contribution in [0.25, 0.3) is 0 Å². The molecule has 0 aliphatic carbocycles. The maximum Gasteiger partial charge on any atom is 0.512 e. The second kappa shape index (κ2) is 6.78. The molecule has 1 unspecified atom stereocenters. The molecule has 1 atom stereocenters. The van der Waals surface area contributed by atoms with Gasteiger partial charge in [-0.1, -0.05) is 31.5 Å². The molecule has 2 aromatic rings. The summed E-state index contributed by atoms with van der Waals surface area (Å²) in [6.45, 7) is 2.07. The van der Waals surface area contributed by atoms with Gasteiger partial charge in [-0.3, -0.25) is 4.57 Å². The van der Waals surface area contributed by atoms with Gasteiger partial charge in [-0.2, -0.15) is 0 Å². The zero-order chi connectivity index (χ0) is 15.2. The largest absolute Gasteiger partial charge is 0.512 e. The van der Waals surface area contributed by atoms with Crippen LogP contribution in [0.4, 0.5) is 4.79 Å². The topological polar surface area (TPSA) is 73.6 Å². The number of aromatic nitrogens is 2. The number of rotatable bonds is 6. The molecule has 6 heteroatoms. The first-order valence-corrected chi connectivity index (χ1v) is 6.72. The Bertz CT molecular complexity index is 609. The number of imidazole rings is 1. The molecule has 0 amide bonds. The van der Waals surface area contributed by atoms with E-state index in [1.807, 2.05) is 24.3 Å². The van der Waals surface area contributed by atoms with Crippen LogP contribution in [-0.4, -0.2) is 27.9 Å². The molecular formula is C15H18N2O4. The molecular weight excluding hydrogens is 272 g/mol. The van der Waals surface area contributed by atoms with Crippen LogP contribution in [0.3, 0.4) is 0 Å². The smallest absolute Gasteiger partial charge is 0.496 e. The molecule has 1 aromatic carbocycles. The van der Waals surface area contributed by atoms with E-state index in [1.165, 1.54) is 6.20 Å². The van der Waals surface area contributed by atoms with Gasteiger partial charge in [0.05, 0.1) is 25.7 Å². The molecule has 1 aromatic heterocycles. The summed E-state index contributed by atoms with van der Waals surface area (Å²) in [5, 5.41) is 8.80. The standard InChI is InChI=1S/C15H18N2O4/c1-3-6-12(11-7-4-5-8-13(11)20-2)17-10-16-9-14(17)21-15(18)19/h4-5,7-10,12H,3,6H2,1-2H3,(H,18,19). The number of benzene rings is 1. The van der Waals surface area contributed by atoms with Gasteiger partial charge in [-0.25, -0.2) is 9.78 Å². The molecule has 0 saturated heterocycles. The number of para-hydroxylation sites is 1. The summed E-state index contributed by atoms with van der Waals surface area (Å²) in [7, 11) is 1.62. The van der Waals surface area contributed by atoms with E-state index in [0.29, 0.717) is 0 Å². The minimum atomic E-state index is -1.35. The Morgan fingerprint density at radius 2 is 2.19 bits per heavy atom. The van der Waals surface area contributed by atoms with Crippen molar-refractivity contribution in [3.05, 3.63) is 42.4 Å². The van der Waals surface area contributed by atoms with Gasteiger partial charge in [0.15, 0.2) is 0 Å². The summed E-state index contributed by atoms with van der Waals surface area (Å²) in [5.41, 5.74) is 0.968. The van der Waals surface area contributed by atoms with E-state index in [-0.39, 0.29) is 11.9 Å². The Morgan fingerprint density at radius 1 is 1.43 bits per heavy atom. The maximum absolute atomic E-state index is 10.8. The first kappa shape index (κ1) is 14.9. The average molecular weight is 290 g/mol. The lowest BCUT2D eigenvalue weighted by Crippen LogP contribution is -2.14. The molecule has 0 aliphatic heterocycles. The molecule has 0 bridgehead atoms. The van der Waals surface area contributed by atoms with Crippen LogP contribution in [0.5, 0.6) is 11.6 Å². The third kappa shape index (κ3) is 3.34. The van der Waals surface area contributed by atoms with Crippen LogP contribution in [0, 0.1) is 0 Å². The molecule has 6 nitrogen and oxygen atoms in total. The first-order valence-electron chi connectivity index (χ1n) is 6.72. The van der Waals surface area contributed by atoms with Crippen molar-refractivity contribution in [3.8, 4) is 11.6 Å². The van der Waals surface area contributed by atoms with Crippen molar-refractivity contribution in [1.29, 1.82) is 0 Å². The fourth-order valence-electron chi connectivity index (χ4n) is 2.35. The third-order valence-electron chi connectivity index (χ3n) is 3.22. The molecule has 0 aliphatic rings. The first-order chi connectivity index (χ1) is 10.2. The highest BCUT2D eigenvalue weighted by atomic mass is 16.7. The summed E-state index contributed by atoms with van der Waals surface area (Å²) in [6.07, 6.45) is 3.35. The lowest BCUT2D eigenvalue weighted by molar-refractivity contribution is 0.140. The van der Waals surface area contributed by atoms with Gasteiger partial charge in [-0.05, 0) is 12.5 Å². The van der Waals surface area contributed by atoms with Crippen molar-refractivity contribution in [3.63, 3.8) is 0 Å². The van der Waals surface area contributed by atoms with E-state index in [1.54, 1.807) is 18.0 Å². The molecule has 0 radical (unpaired) electrons.